The number of rotatable bonds is 6. The Bertz CT molecular complexity index is 1490. The summed E-state index contributed by atoms with van der Waals surface area (Å²) < 4.78 is 18.9. The Hall–Kier alpha value is -3.52. The topological polar surface area (TPSA) is 79.0 Å². The molecule has 2 N–H and O–H groups in total. The van der Waals surface area contributed by atoms with Crippen LogP contribution in [0.3, 0.4) is 0 Å². The molecule has 0 spiro atoms. The van der Waals surface area contributed by atoms with Gasteiger partial charge in [0, 0.05) is 32.8 Å². The van der Waals surface area contributed by atoms with Crippen LogP contribution in [0.25, 0.3) is 22.2 Å². The van der Waals surface area contributed by atoms with Gasteiger partial charge in [0.05, 0.1) is 24.1 Å². The second-order valence-electron chi connectivity index (χ2n) is 11.2. The first-order valence-corrected chi connectivity index (χ1v) is 13.5. The van der Waals surface area contributed by atoms with Crippen molar-refractivity contribution in [3.8, 4) is 16.9 Å². The Morgan fingerprint density at radius 1 is 1.13 bits per heavy atom. The SMILES string of the molecule is Cc1nc2ccc(-c3ccc4c(c3)CN(c3nc(CNCCF)nc5c3CC(C)(C)CC5)CCO4)cc2[nH]1.[HH].[HH]. The second-order valence-corrected chi connectivity index (χ2v) is 11.2. The largest absolute Gasteiger partial charge is 0.491 e. The summed E-state index contributed by atoms with van der Waals surface area (Å²) in [5, 5.41) is 3.12. The van der Waals surface area contributed by atoms with Crippen LogP contribution >= 0.6 is 0 Å². The standard InChI is InChI=1S/C30H35FN6O.2H2/c1-19-33-25-6-4-21(15-26(25)34-19)20-5-7-27-22(14-20)18-37(12-13-38-27)29-23-16-30(2,3)9-8-24(23)35-28(36-29)17-32-11-10-31;;/h4-7,14-15,32H,8-13,16-18H2,1-3H3,(H,33,34);2*1H. The van der Waals surface area contributed by atoms with Gasteiger partial charge in [-0.3, -0.25) is 0 Å². The van der Waals surface area contributed by atoms with E-state index in [1.807, 2.05) is 6.92 Å². The number of hydrogen-bond acceptors (Lipinski definition) is 6. The van der Waals surface area contributed by atoms with Crippen LogP contribution in [-0.2, 0) is 25.9 Å². The molecule has 8 heteroatoms. The molecule has 0 unspecified atom stereocenters. The fraction of sp³-hybridized carbons (Fsp3) is 0.433. The van der Waals surface area contributed by atoms with Gasteiger partial charge in [0.2, 0.25) is 0 Å². The first kappa shape index (κ1) is 24.8. The van der Waals surface area contributed by atoms with Gasteiger partial charge in [-0.1, -0.05) is 26.0 Å². The summed E-state index contributed by atoms with van der Waals surface area (Å²) in [5.41, 5.74) is 8.02. The molecule has 0 saturated carbocycles. The number of aromatic nitrogens is 4. The molecule has 0 saturated heterocycles. The molecule has 2 aromatic heterocycles. The zero-order chi connectivity index (χ0) is 26.3. The molecule has 202 valence electrons. The van der Waals surface area contributed by atoms with E-state index in [4.69, 9.17) is 14.7 Å². The lowest BCUT2D eigenvalue weighted by Crippen LogP contribution is -2.32. The van der Waals surface area contributed by atoms with Crippen LogP contribution in [0.1, 0.15) is 51.6 Å². The molecule has 0 radical (unpaired) electrons. The average molecular weight is 519 g/mol. The molecular weight excluding hydrogens is 479 g/mol. The predicted octanol–water partition coefficient (Wildman–Crippen LogP) is 5.79. The minimum Gasteiger partial charge on any atom is -0.491 e. The van der Waals surface area contributed by atoms with Gasteiger partial charge in [-0.25, -0.2) is 19.3 Å². The quantitative estimate of drug-likeness (QED) is 0.315. The van der Waals surface area contributed by atoms with Crippen LogP contribution in [0.15, 0.2) is 36.4 Å². The van der Waals surface area contributed by atoms with Crippen LogP contribution in [0.5, 0.6) is 5.75 Å². The van der Waals surface area contributed by atoms with Gasteiger partial charge in [0.25, 0.3) is 0 Å². The van der Waals surface area contributed by atoms with Crippen molar-refractivity contribution in [2.75, 3.05) is 31.3 Å². The number of ether oxygens (including phenoxy) is 1. The normalized spacial score (nSPS) is 16.6. The Labute approximate surface area is 225 Å². The average Bonchev–Trinajstić information content (AvgIpc) is 3.14. The number of benzene rings is 2. The van der Waals surface area contributed by atoms with Crippen LogP contribution in [0.4, 0.5) is 10.2 Å². The number of hydrogen-bond donors (Lipinski definition) is 2. The van der Waals surface area contributed by atoms with Crippen molar-refractivity contribution in [3.05, 3.63) is 64.9 Å². The van der Waals surface area contributed by atoms with E-state index in [0.29, 0.717) is 26.2 Å². The number of nitrogens with zero attached hydrogens (tertiary/aromatic N) is 4. The third-order valence-electron chi connectivity index (χ3n) is 7.64. The Morgan fingerprint density at radius 3 is 2.84 bits per heavy atom. The fourth-order valence-electron chi connectivity index (χ4n) is 5.66. The maximum atomic E-state index is 12.7. The summed E-state index contributed by atoms with van der Waals surface area (Å²) in [4.78, 5) is 20.2. The van der Waals surface area contributed by atoms with Crippen molar-refractivity contribution in [1.29, 1.82) is 0 Å². The highest BCUT2D eigenvalue weighted by atomic mass is 19.1. The van der Waals surface area contributed by atoms with Gasteiger partial charge in [-0.15, -0.1) is 0 Å². The van der Waals surface area contributed by atoms with Crippen molar-refractivity contribution in [1.82, 2.24) is 25.3 Å². The van der Waals surface area contributed by atoms with E-state index < -0.39 is 6.67 Å². The lowest BCUT2D eigenvalue weighted by Gasteiger charge is -2.34. The third kappa shape index (κ3) is 4.97. The highest BCUT2D eigenvalue weighted by Gasteiger charge is 2.31. The number of imidazole rings is 1. The molecule has 0 fully saturated rings. The van der Waals surface area contributed by atoms with Crippen molar-refractivity contribution < 1.29 is 12.0 Å². The number of anilines is 1. The van der Waals surface area contributed by atoms with E-state index in [1.165, 1.54) is 5.56 Å². The molecule has 3 heterocycles. The van der Waals surface area contributed by atoms with Gasteiger partial charge in [-0.05, 0) is 67.0 Å². The maximum Gasteiger partial charge on any atom is 0.144 e. The smallest absolute Gasteiger partial charge is 0.144 e. The van der Waals surface area contributed by atoms with Crippen LogP contribution in [0.2, 0.25) is 0 Å². The number of alkyl halides is 1. The summed E-state index contributed by atoms with van der Waals surface area (Å²) in [6, 6.07) is 12.8. The summed E-state index contributed by atoms with van der Waals surface area (Å²) in [5.74, 6) is 3.56. The second kappa shape index (κ2) is 9.98. The molecule has 7 nitrogen and oxygen atoms in total. The first-order chi connectivity index (χ1) is 18.4. The fourth-order valence-corrected chi connectivity index (χ4v) is 5.66. The van der Waals surface area contributed by atoms with Crippen molar-refractivity contribution in [3.63, 3.8) is 0 Å². The highest BCUT2D eigenvalue weighted by molar-refractivity contribution is 5.82. The molecule has 1 aliphatic carbocycles. The molecule has 2 aromatic carbocycles. The number of nitrogens with one attached hydrogen (secondary N) is 2. The lowest BCUT2D eigenvalue weighted by atomic mass is 9.76. The number of aryl methyl sites for hydroxylation is 2. The minimum absolute atomic E-state index is 0. The van der Waals surface area contributed by atoms with Crippen LogP contribution in [-0.4, -0.2) is 46.3 Å². The Balaban J connectivity index is 0.00000185. The van der Waals surface area contributed by atoms with Crippen molar-refractivity contribution in [2.24, 2.45) is 5.41 Å². The zero-order valence-corrected chi connectivity index (χ0v) is 22.4. The molecule has 1 aliphatic heterocycles. The third-order valence-corrected chi connectivity index (χ3v) is 7.64. The molecular formula is C30H39FN6O. The van der Waals surface area contributed by atoms with Gasteiger partial charge in [-0.2, -0.15) is 0 Å². The van der Waals surface area contributed by atoms with Gasteiger partial charge in [0.1, 0.15) is 36.5 Å². The molecule has 0 atom stereocenters. The monoisotopic (exact) mass is 518 g/mol. The highest BCUT2D eigenvalue weighted by Crippen LogP contribution is 2.39. The molecule has 38 heavy (non-hydrogen) atoms. The zero-order valence-electron chi connectivity index (χ0n) is 22.4. The molecule has 0 bridgehead atoms. The summed E-state index contributed by atoms with van der Waals surface area (Å²) in [6.07, 6.45) is 2.99. The van der Waals surface area contributed by atoms with E-state index in [9.17, 15) is 4.39 Å². The number of H-pyrrole nitrogens is 1. The van der Waals surface area contributed by atoms with Crippen molar-refractivity contribution >= 4 is 16.9 Å². The Morgan fingerprint density at radius 2 is 1.97 bits per heavy atom. The molecule has 6 rings (SSSR count). The summed E-state index contributed by atoms with van der Waals surface area (Å²) >= 11 is 0. The van der Waals surface area contributed by atoms with E-state index >= 15 is 0 Å². The van der Waals surface area contributed by atoms with Gasteiger partial charge < -0.3 is 19.9 Å². The first-order valence-electron chi connectivity index (χ1n) is 13.5. The maximum absolute atomic E-state index is 12.7. The lowest BCUT2D eigenvalue weighted by molar-refractivity contribution is 0.310. The van der Waals surface area contributed by atoms with E-state index in [2.05, 4.69) is 70.4 Å². The molecule has 4 aromatic rings. The van der Waals surface area contributed by atoms with E-state index in [0.717, 1.165) is 82.4 Å². The minimum atomic E-state index is -0.401. The predicted molar refractivity (Wildman–Crippen MR) is 153 cm³/mol. The summed E-state index contributed by atoms with van der Waals surface area (Å²) in [7, 11) is 0. The Kier molecular flexibility index (Phi) is 6.51. The van der Waals surface area contributed by atoms with Crippen LogP contribution in [0, 0.1) is 12.3 Å². The van der Waals surface area contributed by atoms with E-state index in [-0.39, 0.29) is 8.27 Å². The number of halogens is 1. The van der Waals surface area contributed by atoms with Gasteiger partial charge in [0.15, 0.2) is 0 Å². The summed E-state index contributed by atoms with van der Waals surface area (Å²) in [6.45, 7) is 9.02. The molecule has 0 amide bonds. The number of aromatic amines is 1. The van der Waals surface area contributed by atoms with Crippen LogP contribution < -0.4 is 15.0 Å². The van der Waals surface area contributed by atoms with Crippen molar-refractivity contribution in [2.45, 2.75) is 53.1 Å². The number of fused-ring (bicyclic) bond motifs is 3. The van der Waals surface area contributed by atoms with Gasteiger partial charge >= 0.3 is 0 Å². The van der Waals surface area contributed by atoms with E-state index in [1.54, 1.807) is 0 Å². The molecule has 2 aliphatic rings.